The van der Waals surface area contributed by atoms with Crippen LogP contribution in [-0.4, -0.2) is 21.5 Å². The first kappa shape index (κ1) is 19.8. The second-order valence-corrected chi connectivity index (χ2v) is 9.25. The number of aryl methyl sites for hydroxylation is 1. The topological polar surface area (TPSA) is 49.4 Å². The molecule has 1 aliphatic heterocycles. The van der Waals surface area contributed by atoms with Gasteiger partial charge in [0.25, 0.3) is 0 Å². The number of sulfonamides is 1. The Hall–Kier alpha value is -1.92. The first-order valence-corrected chi connectivity index (χ1v) is 10.9. The van der Waals surface area contributed by atoms with Gasteiger partial charge in [0.05, 0.1) is 4.90 Å². The molecule has 146 valence electrons. The number of hydrogen-bond donors (Lipinski definition) is 1. The highest BCUT2D eigenvalue weighted by molar-refractivity contribution is 7.89. The third-order valence-corrected chi connectivity index (χ3v) is 6.73. The van der Waals surface area contributed by atoms with Gasteiger partial charge in [-0.2, -0.15) is 0 Å². The maximum absolute atomic E-state index is 13.4. The number of hydrogen-bond acceptors (Lipinski definition) is 3. The summed E-state index contributed by atoms with van der Waals surface area (Å²) in [5, 5.41) is 0. The largest absolute Gasteiger partial charge is 0.371 e. The molecular weight excluding hydrogens is 363 g/mol. The molecule has 4 nitrogen and oxygen atoms in total. The van der Waals surface area contributed by atoms with Crippen LogP contribution in [0.4, 0.5) is 10.1 Å². The SMILES string of the molecule is Cc1cc(S(=O)(=O)NC(C)c2ccc(N3CCCC(C)C3)cc2)ccc1F. The van der Waals surface area contributed by atoms with Crippen LogP contribution in [0.25, 0.3) is 0 Å². The fourth-order valence-corrected chi connectivity index (χ4v) is 4.87. The summed E-state index contributed by atoms with van der Waals surface area (Å²) in [6, 6.07) is 11.5. The summed E-state index contributed by atoms with van der Waals surface area (Å²) in [5.41, 5.74) is 2.38. The van der Waals surface area contributed by atoms with Crippen molar-refractivity contribution in [2.45, 2.75) is 44.6 Å². The number of anilines is 1. The highest BCUT2D eigenvalue weighted by atomic mass is 32.2. The summed E-state index contributed by atoms with van der Waals surface area (Å²) < 4.78 is 41.3. The minimum atomic E-state index is -3.71. The van der Waals surface area contributed by atoms with Crippen molar-refractivity contribution in [3.05, 3.63) is 59.4 Å². The first-order chi connectivity index (χ1) is 12.8. The van der Waals surface area contributed by atoms with Crippen LogP contribution >= 0.6 is 0 Å². The molecule has 0 bridgehead atoms. The summed E-state index contributed by atoms with van der Waals surface area (Å²) >= 11 is 0. The van der Waals surface area contributed by atoms with E-state index < -0.39 is 15.8 Å². The Labute approximate surface area is 161 Å². The van der Waals surface area contributed by atoms with E-state index in [4.69, 9.17) is 0 Å². The van der Waals surface area contributed by atoms with E-state index in [0.717, 1.165) is 18.7 Å². The zero-order chi connectivity index (χ0) is 19.6. The lowest BCUT2D eigenvalue weighted by molar-refractivity contribution is 0.447. The van der Waals surface area contributed by atoms with Gasteiger partial charge in [-0.05, 0) is 74.1 Å². The quantitative estimate of drug-likeness (QED) is 0.823. The van der Waals surface area contributed by atoms with Crippen molar-refractivity contribution < 1.29 is 12.8 Å². The van der Waals surface area contributed by atoms with E-state index in [1.165, 1.54) is 36.7 Å². The van der Waals surface area contributed by atoms with E-state index in [9.17, 15) is 12.8 Å². The predicted molar refractivity (Wildman–Crippen MR) is 107 cm³/mol. The van der Waals surface area contributed by atoms with Gasteiger partial charge < -0.3 is 4.90 Å². The van der Waals surface area contributed by atoms with Crippen LogP contribution in [0.3, 0.4) is 0 Å². The summed E-state index contributed by atoms with van der Waals surface area (Å²) in [6.45, 7) is 7.76. The Morgan fingerprint density at radius 1 is 1.19 bits per heavy atom. The van der Waals surface area contributed by atoms with Gasteiger partial charge in [-0.15, -0.1) is 0 Å². The molecular formula is C21H27FN2O2S. The normalized spacial score (nSPS) is 19.1. The molecule has 2 aromatic carbocycles. The van der Waals surface area contributed by atoms with Gasteiger partial charge in [0.15, 0.2) is 0 Å². The lowest BCUT2D eigenvalue weighted by Gasteiger charge is -2.33. The average Bonchev–Trinajstić information content (AvgIpc) is 2.63. The molecule has 1 saturated heterocycles. The number of piperidine rings is 1. The maximum Gasteiger partial charge on any atom is 0.241 e. The average molecular weight is 391 g/mol. The molecule has 1 N–H and O–H groups in total. The van der Waals surface area contributed by atoms with Crippen molar-refractivity contribution in [2.24, 2.45) is 5.92 Å². The predicted octanol–water partition coefficient (Wildman–Crippen LogP) is 4.41. The Bertz CT molecular complexity index is 897. The lowest BCUT2D eigenvalue weighted by atomic mass is 9.99. The Balaban J connectivity index is 1.71. The molecule has 3 rings (SSSR count). The number of nitrogens with one attached hydrogen (secondary N) is 1. The number of benzene rings is 2. The number of rotatable bonds is 5. The van der Waals surface area contributed by atoms with Crippen LogP contribution < -0.4 is 9.62 Å². The molecule has 1 aliphatic rings. The molecule has 2 atom stereocenters. The van der Waals surface area contributed by atoms with E-state index in [0.29, 0.717) is 11.5 Å². The van der Waals surface area contributed by atoms with Gasteiger partial charge >= 0.3 is 0 Å². The van der Waals surface area contributed by atoms with Crippen LogP contribution in [-0.2, 0) is 10.0 Å². The Morgan fingerprint density at radius 3 is 2.52 bits per heavy atom. The standard InChI is InChI=1S/C21H27FN2O2S/c1-15-5-4-12-24(14-15)19-8-6-18(7-9-19)17(3)23-27(25,26)20-10-11-21(22)16(2)13-20/h6-11,13,15,17,23H,4-5,12,14H2,1-3H3. The van der Waals surface area contributed by atoms with Gasteiger partial charge in [-0.25, -0.2) is 17.5 Å². The third kappa shape index (κ3) is 4.68. The molecule has 2 aromatic rings. The van der Waals surface area contributed by atoms with E-state index in [-0.39, 0.29) is 10.9 Å². The molecule has 27 heavy (non-hydrogen) atoms. The van der Waals surface area contributed by atoms with Crippen LogP contribution in [0.1, 0.15) is 43.9 Å². The number of nitrogens with zero attached hydrogens (tertiary/aromatic N) is 1. The van der Waals surface area contributed by atoms with Crippen LogP contribution in [0.5, 0.6) is 0 Å². The summed E-state index contributed by atoms with van der Waals surface area (Å²) in [5.74, 6) is 0.285. The van der Waals surface area contributed by atoms with E-state index in [2.05, 4.69) is 28.7 Å². The molecule has 1 heterocycles. The Kier molecular flexibility index (Phi) is 5.86. The van der Waals surface area contributed by atoms with Crippen molar-refractivity contribution in [3.63, 3.8) is 0 Å². The monoisotopic (exact) mass is 390 g/mol. The van der Waals surface area contributed by atoms with Gasteiger partial charge in [0.2, 0.25) is 10.0 Å². The number of halogens is 1. The zero-order valence-electron chi connectivity index (χ0n) is 16.1. The molecule has 2 unspecified atom stereocenters. The summed E-state index contributed by atoms with van der Waals surface area (Å²) in [6.07, 6.45) is 2.48. The minimum Gasteiger partial charge on any atom is -0.371 e. The molecule has 0 spiro atoms. The van der Waals surface area contributed by atoms with Crippen molar-refractivity contribution in [1.29, 1.82) is 0 Å². The van der Waals surface area contributed by atoms with Crippen molar-refractivity contribution in [1.82, 2.24) is 4.72 Å². The first-order valence-electron chi connectivity index (χ1n) is 9.39. The van der Waals surface area contributed by atoms with E-state index >= 15 is 0 Å². The fraction of sp³-hybridized carbons (Fsp3) is 0.429. The summed E-state index contributed by atoms with van der Waals surface area (Å²) in [7, 11) is -3.71. The van der Waals surface area contributed by atoms with Gasteiger partial charge in [0.1, 0.15) is 5.82 Å². The van der Waals surface area contributed by atoms with Crippen LogP contribution in [0.2, 0.25) is 0 Å². The van der Waals surface area contributed by atoms with E-state index in [1.54, 1.807) is 6.92 Å². The molecule has 0 radical (unpaired) electrons. The second-order valence-electron chi connectivity index (χ2n) is 7.54. The zero-order valence-corrected chi connectivity index (χ0v) is 16.9. The van der Waals surface area contributed by atoms with Gasteiger partial charge in [-0.3, -0.25) is 0 Å². The fourth-order valence-electron chi connectivity index (χ4n) is 3.55. The molecule has 0 saturated carbocycles. The minimum absolute atomic E-state index is 0.0761. The van der Waals surface area contributed by atoms with Crippen molar-refractivity contribution in [2.75, 3.05) is 18.0 Å². The highest BCUT2D eigenvalue weighted by Gasteiger charge is 2.20. The Morgan fingerprint density at radius 2 is 1.89 bits per heavy atom. The third-order valence-electron chi connectivity index (χ3n) is 5.19. The second kappa shape index (κ2) is 7.98. The van der Waals surface area contributed by atoms with Gasteiger partial charge in [-0.1, -0.05) is 19.1 Å². The molecule has 1 fully saturated rings. The van der Waals surface area contributed by atoms with Crippen molar-refractivity contribution in [3.8, 4) is 0 Å². The van der Waals surface area contributed by atoms with E-state index in [1.807, 2.05) is 19.1 Å². The highest BCUT2D eigenvalue weighted by Crippen LogP contribution is 2.25. The van der Waals surface area contributed by atoms with Gasteiger partial charge in [0, 0.05) is 24.8 Å². The van der Waals surface area contributed by atoms with Crippen LogP contribution in [0.15, 0.2) is 47.4 Å². The molecule has 0 amide bonds. The summed E-state index contributed by atoms with van der Waals surface area (Å²) in [4.78, 5) is 2.46. The maximum atomic E-state index is 13.4. The smallest absolute Gasteiger partial charge is 0.241 e. The van der Waals surface area contributed by atoms with Crippen molar-refractivity contribution >= 4 is 15.7 Å². The molecule has 0 aliphatic carbocycles. The van der Waals surface area contributed by atoms with Crippen LogP contribution in [0, 0.1) is 18.7 Å². The molecule has 0 aromatic heterocycles. The molecule has 6 heteroatoms. The lowest BCUT2D eigenvalue weighted by Crippen LogP contribution is -2.34.